The quantitative estimate of drug-likeness (QED) is 0.391. The lowest BCUT2D eigenvalue weighted by Gasteiger charge is -2.67. The van der Waals surface area contributed by atoms with Crippen LogP contribution in [0.5, 0.6) is 5.88 Å². The number of rotatable bonds is 4. The van der Waals surface area contributed by atoms with Crippen molar-refractivity contribution >= 4 is 16.0 Å². The van der Waals surface area contributed by atoms with Gasteiger partial charge in [0, 0.05) is 29.0 Å². The van der Waals surface area contributed by atoms with Crippen molar-refractivity contribution in [3.05, 3.63) is 65.2 Å². The van der Waals surface area contributed by atoms with E-state index in [4.69, 9.17) is 4.74 Å². The topological polar surface area (TPSA) is 84.4 Å². The van der Waals surface area contributed by atoms with E-state index in [9.17, 15) is 8.42 Å². The summed E-state index contributed by atoms with van der Waals surface area (Å²) in [6, 6.07) is 16.1. The molecule has 2 aromatic carbocycles. The molecular weight excluding hydrogens is 532 g/mol. The molecule has 2 saturated carbocycles. The Bertz CT molecular complexity index is 1550. The van der Waals surface area contributed by atoms with Gasteiger partial charge in [-0.2, -0.15) is 4.98 Å². The molecule has 3 aromatic rings. The molecule has 8 heteroatoms. The number of benzene rings is 2. The number of anilines is 1. The van der Waals surface area contributed by atoms with Crippen LogP contribution in [0.25, 0.3) is 11.3 Å². The van der Waals surface area contributed by atoms with Gasteiger partial charge in [-0.05, 0) is 100 Å². The van der Waals surface area contributed by atoms with Gasteiger partial charge in [-0.15, -0.1) is 0 Å². The first-order valence-corrected chi connectivity index (χ1v) is 16.3. The van der Waals surface area contributed by atoms with E-state index in [0.717, 1.165) is 41.5 Å². The maximum absolute atomic E-state index is 13.7. The number of nitrogens with one attached hydrogen (secondary N) is 1. The fourth-order valence-corrected chi connectivity index (χ4v) is 8.85. The largest absolute Gasteiger partial charge is 0.477 e. The van der Waals surface area contributed by atoms with Crippen LogP contribution in [0.2, 0.25) is 0 Å². The van der Waals surface area contributed by atoms with Crippen LogP contribution in [0.4, 0.5) is 5.95 Å². The fourth-order valence-electron chi connectivity index (χ4n) is 7.86. The van der Waals surface area contributed by atoms with Gasteiger partial charge in [0.15, 0.2) is 0 Å². The molecule has 2 fully saturated rings. The van der Waals surface area contributed by atoms with E-state index in [1.807, 2.05) is 50.2 Å². The molecular formula is C33H42N4O3S. The SMILES string of the molecule is Cc1cccc(C)c1-c1cc2nc(n1)NS(=O)(=O)c1cccc(c1)C1(CC3(CC(N(C)C)C3)C1)[C@H](CC(C)C)CO2. The lowest BCUT2D eigenvalue weighted by molar-refractivity contribution is -0.122. The number of fused-ring (bicyclic) bond motifs is 5. The highest BCUT2D eigenvalue weighted by Gasteiger charge is 2.63. The zero-order valence-corrected chi connectivity index (χ0v) is 25.9. The molecule has 2 heterocycles. The van der Waals surface area contributed by atoms with Gasteiger partial charge < -0.3 is 9.64 Å². The van der Waals surface area contributed by atoms with Gasteiger partial charge in [-0.3, -0.25) is 0 Å². The summed E-state index contributed by atoms with van der Waals surface area (Å²) >= 11 is 0. The molecule has 218 valence electrons. The molecule has 0 amide bonds. The summed E-state index contributed by atoms with van der Waals surface area (Å²) in [7, 11) is 0.418. The van der Waals surface area contributed by atoms with Crippen LogP contribution < -0.4 is 9.46 Å². The average molecular weight is 575 g/mol. The molecule has 7 nitrogen and oxygen atoms in total. The van der Waals surface area contributed by atoms with Gasteiger partial charge in [0.1, 0.15) is 0 Å². The van der Waals surface area contributed by atoms with Crippen LogP contribution in [0.15, 0.2) is 53.4 Å². The molecule has 0 saturated heterocycles. The first kappa shape index (κ1) is 28.2. The summed E-state index contributed by atoms with van der Waals surface area (Å²) in [5.74, 6) is 1.11. The molecule has 1 aromatic heterocycles. The summed E-state index contributed by atoms with van der Waals surface area (Å²) in [5, 5.41) is 0. The molecule has 6 rings (SSSR count). The Labute approximate surface area is 244 Å². The number of aromatic nitrogens is 2. The summed E-state index contributed by atoms with van der Waals surface area (Å²) in [6.07, 6.45) is 5.51. The second kappa shape index (κ2) is 10.1. The standard InChI is InChI=1S/C33H42N4O3S/c1-21(2)13-25-18-40-29-15-28(30-22(3)9-7-10-23(30)4)34-31(35-29)36-41(38,39)27-12-8-11-24(14-27)33(25)19-32(20-33)16-26(17-32)37(5)6/h7-12,14-15,21,25-26H,13,16-20H2,1-6H3,(H,34,35,36)/t25-,26?,32?,33?/m1/s1. The number of hydrogen-bond donors (Lipinski definition) is 1. The molecule has 0 radical (unpaired) electrons. The predicted molar refractivity (Wildman–Crippen MR) is 163 cm³/mol. The molecule has 2 aliphatic carbocycles. The number of aryl methyl sites for hydroxylation is 2. The van der Waals surface area contributed by atoms with Crippen molar-refractivity contribution in [2.24, 2.45) is 17.3 Å². The molecule has 4 bridgehead atoms. The summed E-state index contributed by atoms with van der Waals surface area (Å²) in [4.78, 5) is 11.8. The lowest BCUT2D eigenvalue weighted by atomic mass is 9.39. The number of hydrogen-bond acceptors (Lipinski definition) is 6. The normalized spacial score (nSPS) is 28.3. The third-order valence-electron chi connectivity index (χ3n) is 9.80. The van der Waals surface area contributed by atoms with E-state index >= 15 is 0 Å². The maximum atomic E-state index is 13.7. The molecule has 1 aliphatic heterocycles. The first-order valence-electron chi connectivity index (χ1n) is 14.8. The molecule has 1 N–H and O–H groups in total. The van der Waals surface area contributed by atoms with Crippen molar-refractivity contribution in [3.8, 4) is 17.1 Å². The minimum atomic E-state index is -3.92. The van der Waals surface area contributed by atoms with Crippen LogP contribution >= 0.6 is 0 Å². The maximum Gasteiger partial charge on any atom is 0.264 e. The van der Waals surface area contributed by atoms with Gasteiger partial charge >= 0.3 is 0 Å². The summed E-state index contributed by atoms with van der Waals surface area (Å²) in [5.41, 5.74) is 5.02. The summed E-state index contributed by atoms with van der Waals surface area (Å²) in [6.45, 7) is 9.11. The van der Waals surface area contributed by atoms with Crippen LogP contribution in [0.3, 0.4) is 0 Å². The van der Waals surface area contributed by atoms with Gasteiger partial charge in [0.25, 0.3) is 10.0 Å². The second-order valence-corrected chi connectivity index (χ2v) is 15.2. The monoisotopic (exact) mass is 574 g/mol. The van der Waals surface area contributed by atoms with Crippen molar-refractivity contribution < 1.29 is 13.2 Å². The van der Waals surface area contributed by atoms with Crippen LogP contribution in [0, 0.1) is 31.1 Å². The Morgan fingerprint density at radius 1 is 1.02 bits per heavy atom. The van der Waals surface area contributed by atoms with E-state index in [0.29, 0.717) is 35.6 Å². The number of ether oxygens (including phenoxy) is 1. The summed E-state index contributed by atoms with van der Waals surface area (Å²) < 4.78 is 36.6. The second-order valence-electron chi connectivity index (χ2n) is 13.5. The highest BCUT2D eigenvalue weighted by atomic mass is 32.2. The van der Waals surface area contributed by atoms with Gasteiger partial charge in [-0.1, -0.05) is 44.2 Å². The first-order chi connectivity index (χ1) is 19.4. The van der Waals surface area contributed by atoms with Crippen molar-refractivity contribution in [3.63, 3.8) is 0 Å². The predicted octanol–water partition coefficient (Wildman–Crippen LogP) is 6.36. The van der Waals surface area contributed by atoms with E-state index in [1.165, 1.54) is 12.8 Å². The van der Waals surface area contributed by atoms with Crippen LogP contribution in [-0.4, -0.2) is 50.0 Å². The minimum absolute atomic E-state index is 0.0213. The Hall–Kier alpha value is -2.97. The molecule has 1 atom stereocenters. The van der Waals surface area contributed by atoms with E-state index in [1.54, 1.807) is 6.07 Å². The highest BCUT2D eigenvalue weighted by Crippen LogP contribution is 2.68. The Balaban J connectivity index is 1.45. The van der Waals surface area contributed by atoms with Crippen LogP contribution in [0.1, 0.15) is 62.6 Å². The molecule has 0 unspecified atom stereocenters. The third kappa shape index (κ3) is 5.03. The van der Waals surface area contributed by atoms with E-state index in [-0.39, 0.29) is 22.2 Å². The van der Waals surface area contributed by atoms with E-state index < -0.39 is 10.0 Å². The van der Waals surface area contributed by atoms with Gasteiger partial charge in [-0.25, -0.2) is 18.1 Å². The van der Waals surface area contributed by atoms with Crippen molar-refractivity contribution in [1.29, 1.82) is 0 Å². The highest BCUT2D eigenvalue weighted by molar-refractivity contribution is 7.92. The Kier molecular flexibility index (Phi) is 6.93. The van der Waals surface area contributed by atoms with Gasteiger partial charge in [0.05, 0.1) is 17.2 Å². The van der Waals surface area contributed by atoms with Crippen molar-refractivity contribution in [2.45, 2.75) is 76.2 Å². The average Bonchev–Trinajstić information content (AvgIpc) is 2.84. The molecule has 41 heavy (non-hydrogen) atoms. The van der Waals surface area contributed by atoms with E-state index in [2.05, 4.69) is 53.6 Å². The minimum Gasteiger partial charge on any atom is -0.477 e. The number of nitrogens with zero attached hydrogens (tertiary/aromatic N) is 3. The molecule has 3 aliphatic rings. The zero-order valence-electron chi connectivity index (χ0n) is 25.1. The Morgan fingerprint density at radius 3 is 2.37 bits per heavy atom. The van der Waals surface area contributed by atoms with Crippen molar-refractivity contribution in [2.75, 3.05) is 25.4 Å². The Morgan fingerprint density at radius 2 is 1.71 bits per heavy atom. The fraction of sp³-hybridized carbons (Fsp3) is 0.515. The zero-order chi connectivity index (χ0) is 29.2. The van der Waals surface area contributed by atoms with Gasteiger partial charge in [0.2, 0.25) is 11.8 Å². The number of sulfonamides is 1. The smallest absolute Gasteiger partial charge is 0.264 e. The van der Waals surface area contributed by atoms with Crippen LogP contribution in [-0.2, 0) is 15.4 Å². The molecule has 2 spiro atoms. The lowest BCUT2D eigenvalue weighted by Crippen LogP contribution is -2.63. The third-order valence-corrected chi connectivity index (χ3v) is 11.1. The van der Waals surface area contributed by atoms with Crippen molar-refractivity contribution in [1.82, 2.24) is 14.9 Å².